The number of carbonyl (C=O) groups is 2. The van der Waals surface area contributed by atoms with Gasteiger partial charge in [-0.15, -0.1) is 0 Å². The summed E-state index contributed by atoms with van der Waals surface area (Å²) in [5.74, 6) is -3.09. The molecule has 0 heterocycles. The standard InChI is InChI=1S/C12H22O7/c1-3-19-12(15)10(11(13)14)4-5-17-8-9-18-7-6-16-2/h10H,3-9H2,1-2H3,(H,13,14). The zero-order valence-electron chi connectivity index (χ0n) is 11.4. The summed E-state index contributed by atoms with van der Waals surface area (Å²) in [6, 6.07) is 0. The number of aliphatic carboxylic acids is 1. The van der Waals surface area contributed by atoms with Crippen molar-refractivity contribution in [2.75, 3.05) is 46.8 Å². The molecule has 0 rings (SSSR count). The molecule has 1 unspecified atom stereocenters. The Hall–Kier alpha value is -1.18. The smallest absolute Gasteiger partial charge is 0.320 e. The van der Waals surface area contributed by atoms with Crippen LogP contribution in [-0.4, -0.2) is 63.8 Å². The van der Waals surface area contributed by atoms with E-state index in [0.717, 1.165) is 0 Å². The van der Waals surface area contributed by atoms with E-state index in [9.17, 15) is 9.59 Å². The van der Waals surface area contributed by atoms with Gasteiger partial charge in [0.15, 0.2) is 5.92 Å². The fourth-order valence-corrected chi connectivity index (χ4v) is 1.25. The molecule has 112 valence electrons. The van der Waals surface area contributed by atoms with Crippen LogP contribution in [0, 0.1) is 5.92 Å². The molecule has 0 saturated carbocycles. The fourth-order valence-electron chi connectivity index (χ4n) is 1.25. The van der Waals surface area contributed by atoms with Crippen molar-refractivity contribution in [3.05, 3.63) is 0 Å². The van der Waals surface area contributed by atoms with Crippen LogP contribution in [0.5, 0.6) is 0 Å². The number of carboxylic acids is 1. The van der Waals surface area contributed by atoms with Crippen molar-refractivity contribution < 1.29 is 33.6 Å². The van der Waals surface area contributed by atoms with Crippen LogP contribution in [0.4, 0.5) is 0 Å². The normalized spacial score (nSPS) is 12.1. The minimum Gasteiger partial charge on any atom is -0.481 e. The summed E-state index contributed by atoms with van der Waals surface area (Å²) >= 11 is 0. The zero-order chi connectivity index (χ0) is 14.5. The third-order valence-corrected chi connectivity index (χ3v) is 2.22. The Morgan fingerprint density at radius 1 is 1.05 bits per heavy atom. The molecule has 7 nitrogen and oxygen atoms in total. The summed E-state index contributed by atoms with van der Waals surface area (Å²) in [6.07, 6.45) is 0.0895. The van der Waals surface area contributed by atoms with Gasteiger partial charge in [-0.05, 0) is 13.3 Å². The third kappa shape index (κ3) is 9.40. The number of carbonyl (C=O) groups excluding carboxylic acids is 1. The highest BCUT2D eigenvalue weighted by Gasteiger charge is 2.27. The molecule has 1 atom stereocenters. The van der Waals surface area contributed by atoms with Crippen molar-refractivity contribution in [2.24, 2.45) is 5.92 Å². The number of rotatable bonds is 12. The number of carboxylic acid groups (broad SMARTS) is 1. The highest BCUT2D eigenvalue weighted by molar-refractivity contribution is 5.93. The lowest BCUT2D eigenvalue weighted by atomic mass is 10.1. The van der Waals surface area contributed by atoms with Crippen molar-refractivity contribution >= 4 is 11.9 Å². The summed E-state index contributed by atoms with van der Waals surface area (Å²) in [7, 11) is 1.58. The summed E-state index contributed by atoms with van der Waals surface area (Å²) < 4.78 is 19.8. The summed E-state index contributed by atoms with van der Waals surface area (Å²) in [6.45, 7) is 3.72. The first kappa shape index (κ1) is 17.8. The van der Waals surface area contributed by atoms with Crippen LogP contribution in [0.1, 0.15) is 13.3 Å². The van der Waals surface area contributed by atoms with E-state index < -0.39 is 17.9 Å². The molecule has 0 aromatic rings. The Kier molecular flexibility index (Phi) is 11.1. The van der Waals surface area contributed by atoms with E-state index in [2.05, 4.69) is 4.74 Å². The molecule has 19 heavy (non-hydrogen) atoms. The highest BCUT2D eigenvalue weighted by Crippen LogP contribution is 2.06. The maximum Gasteiger partial charge on any atom is 0.320 e. The van der Waals surface area contributed by atoms with Crippen LogP contribution in [-0.2, 0) is 28.5 Å². The predicted octanol–water partition coefficient (Wildman–Crippen LogP) is 0.320. The minimum absolute atomic E-state index is 0.0895. The molecule has 0 fully saturated rings. The molecule has 0 aliphatic carbocycles. The number of ether oxygens (including phenoxy) is 4. The molecule has 1 N–H and O–H groups in total. The second kappa shape index (κ2) is 11.9. The molecule has 0 aliphatic heterocycles. The highest BCUT2D eigenvalue weighted by atomic mass is 16.5. The largest absolute Gasteiger partial charge is 0.481 e. The quantitative estimate of drug-likeness (QED) is 0.312. The molecule has 0 spiro atoms. The molecular weight excluding hydrogens is 256 g/mol. The van der Waals surface area contributed by atoms with E-state index in [0.29, 0.717) is 26.4 Å². The molecular formula is C12H22O7. The third-order valence-electron chi connectivity index (χ3n) is 2.22. The first-order valence-corrected chi connectivity index (χ1v) is 6.17. The number of hydrogen-bond acceptors (Lipinski definition) is 6. The van der Waals surface area contributed by atoms with Crippen LogP contribution in [0.15, 0.2) is 0 Å². The van der Waals surface area contributed by atoms with Gasteiger partial charge < -0.3 is 24.1 Å². The van der Waals surface area contributed by atoms with E-state index in [-0.39, 0.29) is 19.6 Å². The van der Waals surface area contributed by atoms with Gasteiger partial charge in [-0.3, -0.25) is 9.59 Å². The first-order valence-electron chi connectivity index (χ1n) is 6.17. The summed E-state index contributed by atoms with van der Waals surface area (Å²) in [4.78, 5) is 22.2. The van der Waals surface area contributed by atoms with Gasteiger partial charge in [0.25, 0.3) is 0 Å². The lowest BCUT2D eigenvalue weighted by Crippen LogP contribution is -2.27. The van der Waals surface area contributed by atoms with Gasteiger partial charge in [-0.25, -0.2) is 0 Å². The van der Waals surface area contributed by atoms with Crippen molar-refractivity contribution in [3.8, 4) is 0 Å². The second-order valence-electron chi connectivity index (χ2n) is 3.65. The molecule has 0 aliphatic rings. The van der Waals surface area contributed by atoms with Gasteiger partial charge in [0.05, 0.1) is 33.0 Å². The molecule has 7 heteroatoms. The maximum atomic E-state index is 11.3. The van der Waals surface area contributed by atoms with E-state index in [1.54, 1.807) is 14.0 Å². The number of hydrogen-bond donors (Lipinski definition) is 1. The minimum atomic E-state index is -1.20. The topological polar surface area (TPSA) is 91.3 Å². The molecule has 0 saturated heterocycles. The van der Waals surface area contributed by atoms with Gasteiger partial charge >= 0.3 is 11.9 Å². The monoisotopic (exact) mass is 278 g/mol. The average Bonchev–Trinajstić information content (AvgIpc) is 2.36. The number of methoxy groups -OCH3 is 1. The Labute approximate surface area is 112 Å². The van der Waals surface area contributed by atoms with E-state index in [1.807, 2.05) is 0 Å². The molecule has 0 aromatic heterocycles. The maximum absolute atomic E-state index is 11.3. The molecule has 0 radical (unpaired) electrons. The van der Waals surface area contributed by atoms with Crippen LogP contribution in [0.2, 0.25) is 0 Å². The van der Waals surface area contributed by atoms with Gasteiger partial charge in [0, 0.05) is 13.7 Å². The van der Waals surface area contributed by atoms with Crippen molar-refractivity contribution in [1.82, 2.24) is 0 Å². The van der Waals surface area contributed by atoms with Crippen LogP contribution in [0.3, 0.4) is 0 Å². The zero-order valence-corrected chi connectivity index (χ0v) is 11.4. The van der Waals surface area contributed by atoms with Crippen molar-refractivity contribution in [1.29, 1.82) is 0 Å². The Bertz CT molecular complexity index is 254. The first-order chi connectivity index (χ1) is 9.13. The van der Waals surface area contributed by atoms with Crippen LogP contribution in [0.25, 0.3) is 0 Å². The molecule has 0 aromatic carbocycles. The predicted molar refractivity (Wildman–Crippen MR) is 65.9 cm³/mol. The van der Waals surface area contributed by atoms with E-state index in [4.69, 9.17) is 19.3 Å². The van der Waals surface area contributed by atoms with E-state index >= 15 is 0 Å². The van der Waals surface area contributed by atoms with E-state index in [1.165, 1.54) is 0 Å². The van der Waals surface area contributed by atoms with Crippen molar-refractivity contribution in [3.63, 3.8) is 0 Å². The average molecular weight is 278 g/mol. The molecule has 0 bridgehead atoms. The lowest BCUT2D eigenvalue weighted by molar-refractivity contribution is -0.159. The number of esters is 1. The van der Waals surface area contributed by atoms with Crippen LogP contribution >= 0.6 is 0 Å². The van der Waals surface area contributed by atoms with Gasteiger partial charge in [0.2, 0.25) is 0 Å². The summed E-state index contributed by atoms with van der Waals surface area (Å²) in [5.41, 5.74) is 0. The second-order valence-corrected chi connectivity index (χ2v) is 3.65. The summed E-state index contributed by atoms with van der Waals surface area (Å²) in [5, 5.41) is 8.88. The van der Waals surface area contributed by atoms with Crippen LogP contribution < -0.4 is 0 Å². The Balaban J connectivity index is 3.65. The van der Waals surface area contributed by atoms with Gasteiger partial charge in [0.1, 0.15) is 0 Å². The SMILES string of the molecule is CCOC(=O)C(CCOCCOCCOC)C(=O)O. The Morgan fingerprint density at radius 3 is 2.16 bits per heavy atom. The Morgan fingerprint density at radius 2 is 1.63 bits per heavy atom. The lowest BCUT2D eigenvalue weighted by Gasteiger charge is -2.11. The van der Waals surface area contributed by atoms with Gasteiger partial charge in [-0.1, -0.05) is 0 Å². The van der Waals surface area contributed by atoms with Crippen molar-refractivity contribution in [2.45, 2.75) is 13.3 Å². The van der Waals surface area contributed by atoms with Gasteiger partial charge in [-0.2, -0.15) is 0 Å². The molecule has 0 amide bonds. The fraction of sp³-hybridized carbons (Fsp3) is 0.833.